The molecule has 0 aliphatic carbocycles. The highest BCUT2D eigenvalue weighted by Crippen LogP contribution is 2.31. The fourth-order valence-corrected chi connectivity index (χ4v) is 3.71. The normalized spacial score (nSPS) is 12.1. The van der Waals surface area contributed by atoms with Crippen molar-refractivity contribution in [3.05, 3.63) is 46.2 Å². The lowest BCUT2D eigenvalue weighted by atomic mass is 10.0. The second-order valence-electron chi connectivity index (χ2n) is 8.56. The van der Waals surface area contributed by atoms with Crippen molar-refractivity contribution < 1.29 is 24.3 Å². The summed E-state index contributed by atoms with van der Waals surface area (Å²) in [7, 11) is 0. The summed E-state index contributed by atoms with van der Waals surface area (Å²) in [6.45, 7) is 7.33. The SMILES string of the molecule is Cc1cc(-c2noc(-c3cc(Cl)nc(CC(C)C)c3)n2)cc(C)c1OC[C@H](O)CNC(=O)CO. The highest BCUT2D eigenvalue weighted by molar-refractivity contribution is 6.29. The van der Waals surface area contributed by atoms with E-state index in [1.54, 1.807) is 6.07 Å². The highest BCUT2D eigenvalue weighted by atomic mass is 35.5. The molecule has 1 amide bonds. The van der Waals surface area contributed by atoms with Crippen LogP contribution in [0.3, 0.4) is 0 Å². The maximum atomic E-state index is 11.1. The summed E-state index contributed by atoms with van der Waals surface area (Å²) < 4.78 is 11.3. The summed E-state index contributed by atoms with van der Waals surface area (Å²) in [6, 6.07) is 7.36. The van der Waals surface area contributed by atoms with Crippen LogP contribution in [0.1, 0.15) is 30.7 Å². The first-order chi connectivity index (χ1) is 16.2. The highest BCUT2D eigenvalue weighted by Gasteiger charge is 2.16. The van der Waals surface area contributed by atoms with Gasteiger partial charge in [0, 0.05) is 23.4 Å². The predicted octanol–water partition coefficient (Wildman–Crippen LogP) is 3.12. The van der Waals surface area contributed by atoms with Crippen LogP contribution in [0.5, 0.6) is 5.75 Å². The monoisotopic (exact) mass is 488 g/mol. The molecule has 0 radical (unpaired) electrons. The van der Waals surface area contributed by atoms with E-state index in [1.165, 1.54) is 0 Å². The number of aromatic nitrogens is 3. The average molecular weight is 489 g/mol. The lowest BCUT2D eigenvalue weighted by molar-refractivity contribution is -0.124. The molecule has 3 aromatic rings. The second kappa shape index (κ2) is 11.4. The number of aliphatic hydroxyl groups is 2. The smallest absolute Gasteiger partial charge is 0.258 e. The third-order valence-corrected chi connectivity index (χ3v) is 5.15. The van der Waals surface area contributed by atoms with Crippen LogP contribution < -0.4 is 10.1 Å². The molecule has 10 heteroatoms. The number of nitrogens with zero attached hydrogens (tertiary/aromatic N) is 3. The maximum Gasteiger partial charge on any atom is 0.258 e. The molecular weight excluding hydrogens is 460 g/mol. The third kappa shape index (κ3) is 6.75. The van der Waals surface area contributed by atoms with E-state index < -0.39 is 18.6 Å². The van der Waals surface area contributed by atoms with Crippen molar-refractivity contribution in [2.75, 3.05) is 19.8 Å². The standard InChI is InChI=1S/C24H29ClN4O5/c1-13(2)5-18-8-17(9-20(25)27-18)24-28-23(29-34-24)16-6-14(3)22(15(4)7-16)33-12-19(31)10-26-21(32)11-30/h6-9,13,19,30-31H,5,10-12H2,1-4H3,(H,26,32)/t19-/m1/s1. The molecule has 0 saturated heterocycles. The molecule has 0 fully saturated rings. The number of benzene rings is 1. The number of ether oxygens (including phenoxy) is 1. The van der Waals surface area contributed by atoms with E-state index in [9.17, 15) is 9.90 Å². The largest absolute Gasteiger partial charge is 0.490 e. The molecule has 3 rings (SSSR count). The van der Waals surface area contributed by atoms with Crippen molar-refractivity contribution in [1.82, 2.24) is 20.4 Å². The quantitative estimate of drug-likeness (QED) is 0.371. The Kier molecular flexibility index (Phi) is 8.60. The predicted molar refractivity (Wildman–Crippen MR) is 128 cm³/mol. The van der Waals surface area contributed by atoms with Crippen molar-refractivity contribution in [3.8, 4) is 28.6 Å². The Morgan fingerprint density at radius 2 is 1.85 bits per heavy atom. The number of carbonyl (C=O) groups excluding carboxylic acids is 1. The molecule has 0 unspecified atom stereocenters. The average Bonchev–Trinajstić information content (AvgIpc) is 3.26. The van der Waals surface area contributed by atoms with Gasteiger partial charge in [0.15, 0.2) is 0 Å². The van der Waals surface area contributed by atoms with Gasteiger partial charge in [-0.05, 0) is 61.6 Å². The van der Waals surface area contributed by atoms with E-state index in [2.05, 4.69) is 34.3 Å². The van der Waals surface area contributed by atoms with Gasteiger partial charge in [-0.25, -0.2) is 4.98 Å². The summed E-state index contributed by atoms with van der Waals surface area (Å²) in [5, 5.41) is 25.6. The van der Waals surface area contributed by atoms with Gasteiger partial charge in [0.2, 0.25) is 11.7 Å². The van der Waals surface area contributed by atoms with Crippen LogP contribution in [0.4, 0.5) is 0 Å². The van der Waals surface area contributed by atoms with Gasteiger partial charge in [-0.1, -0.05) is 30.6 Å². The molecule has 9 nitrogen and oxygen atoms in total. The van der Waals surface area contributed by atoms with E-state index in [0.29, 0.717) is 34.1 Å². The number of aliphatic hydroxyl groups excluding tert-OH is 2. The van der Waals surface area contributed by atoms with Crippen molar-refractivity contribution >= 4 is 17.5 Å². The van der Waals surface area contributed by atoms with Gasteiger partial charge in [0.05, 0.1) is 0 Å². The van der Waals surface area contributed by atoms with Crippen LogP contribution >= 0.6 is 11.6 Å². The van der Waals surface area contributed by atoms with E-state index in [-0.39, 0.29) is 13.2 Å². The van der Waals surface area contributed by atoms with E-state index in [0.717, 1.165) is 28.8 Å². The molecule has 1 atom stereocenters. The number of nitrogens with one attached hydrogen (secondary N) is 1. The maximum absolute atomic E-state index is 11.1. The molecule has 0 aliphatic rings. The summed E-state index contributed by atoms with van der Waals surface area (Å²) in [4.78, 5) is 20.0. The van der Waals surface area contributed by atoms with Crippen LogP contribution in [-0.4, -0.2) is 57.1 Å². The number of hydrogen-bond acceptors (Lipinski definition) is 8. The molecule has 182 valence electrons. The second-order valence-corrected chi connectivity index (χ2v) is 8.94. The number of carbonyl (C=O) groups is 1. The van der Waals surface area contributed by atoms with Crippen LogP contribution in [0.2, 0.25) is 5.15 Å². The molecule has 2 aromatic heterocycles. The van der Waals surface area contributed by atoms with Gasteiger partial charge < -0.3 is 24.8 Å². The Morgan fingerprint density at radius 1 is 1.15 bits per heavy atom. The van der Waals surface area contributed by atoms with Gasteiger partial charge in [-0.2, -0.15) is 4.98 Å². The van der Waals surface area contributed by atoms with Crippen molar-refractivity contribution in [1.29, 1.82) is 0 Å². The fraction of sp³-hybridized carbons (Fsp3) is 0.417. The zero-order chi connectivity index (χ0) is 24.8. The lowest BCUT2D eigenvalue weighted by Gasteiger charge is -2.16. The number of hydrogen-bond donors (Lipinski definition) is 3. The first kappa shape index (κ1) is 25.6. The number of halogens is 1. The molecular formula is C24H29ClN4O5. The van der Waals surface area contributed by atoms with Gasteiger partial charge >= 0.3 is 0 Å². The lowest BCUT2D eigenvalue weighted by Crippen LogP contribution is -2.36. The van der Waals surface area contributed by atoms with Crippen LogP contribution in [0.25, 0.3) is 22.8 Å². The van der Waals surface area contributed by atoms with E-state index >= 15 is 0 Å². The first-order valence-electron chi connectivity index (χ1n) is 11.0. The summed E-state index contributed by atoms with van der Waals surface area (Å²) in [6.07, 6.45) is -0.127. The van der Waals surface area contributed by atoms with Gasteiger partial charge in [-0.15, -0.1) is 0 Å². The Morgan fingerprint density at radius 3 is 2.50 bits per heavy atom. The number of rotatable bonds is 10. The Labute approximate surface area is 203 Å². The van der Waals surface area contributed by atoms with Crippen LogP contribution in [0, 0.1) is 19.8 Å². The molecule has 3 N–H and O–H groups in total. The zero-order valence-corrected chi connectivity index (χ0v) is 20.4. The van der Waals surface area contributed by atoms with Crippen LogP contribution in [0.15, 0.2) is 28.8 Å². The minimum atomic E-state index is -0.915. The Balaban J connectivity index is 1.75. The van der Waals surface area contributed by atoms with Crippen molar-refractivity contribution in [3.63, 3.8) is 0 Å². The number of pyridine rings is 1. The summed E-state index contributed by atoms with van der Waals surface area (Å²) >= 11 is 6.20. The summed E-state index contributed by atoms with van der Waals surface area (Å²) in [5.41, 5.74) is 4.00. The molecule has 0 bridgehead atoms. The van der Waals surface area contributed by atoms with Gasteiger partial charge in [0.1, 0.15) is 30.2 Å². The number of aryl methyl sites for hydroxylation is 2. The summed E-state index contributed by atoms with van der Waals surface area (Å²) in [5.74, 6) is 1.29. The van der Waals surface area contributed by atoms with Crippen molar-refractivity contribution in [2.45, 2.75) is 40.2 Å². The first-order valence-corrected chi connectivity index (χ1v) is 11.3. The van der Waals surface area contributed by atoms with E-state index in [4.69, 9.17) is 26.0 Å². The third-order valence-electron chi connectivity index (χ3n) is 4.95. The fourth-order valence-electron chi connectivity index (χ4n) is 3.49. The molecule has 34 heavy (non-hydrogen) atoms. The zero-order valence-electron chi connectivity index (χ0n) is 19.6. The van der Waals surface area contributed by atoms with Crippen LogP contribution in [-0.2, 0) is 11.2 Å². The molecule has 0 spiro atoms. The number of amides is 1. The van der Waals surface area contributed by atoms with Crippen molar-refractivity contribution in [2.24, 2.45) is 5.92 Å². The van der Waals surface area contributed by atoms with E-state index in [1.807, 2.05) is 32.0 Å². The minimum absolute atomic E-state index is 0.0133. The molecule has 2 heterocycles. The Bertz CT molecular complexity index is 1130. The molecule has 1 aromatic carbocycles. The topological polar surface area (TPSA) is 131 Å². The molecule has 0 aliphatic heterocycles. The minimum Gasteiger partial charge on any atom is -0.490 e. The van der Waals surface area contributed by atoms with Gasteiger partial charge in [-0.3, -0.25) is 4.79 Å². The molecule has 0 saturated carbocycles. The van der Waals surface area contributed by atoms with Gasteiger partial charge in [0.25, 0.3) is 5.89 Å². The Hall–Kier alpha value is -3.01.